The summed E-state index contributed by atoms with van der Waals surface area (Å²) in [6.45, 7) is 1.98. The van der Waals surface area contributed by atoms with Crippen LogP contribution < -0.4 is 5.73 Å². The number of anilines is 1. The molecule has 0 saturated carbocycles. The molecule has 0 radical (unpaired) electrons. The lowest BCUT2D eigenvalue weighted by Gasteiger charge is -2.01. The van der Waals surface area contributed by atoms with Gasteiger partial charge < -0.3 is 5.73 Å². The van der Waals surface area contributed by atoms with E-state index >= 15 is 0 Å². The van der Waals surface area contributed by atoms with Crippen LogP contribution >= 0.6 is 15.9 Å². The molecule has 0 saturated heterocycles. The van der Waals surface area contributed by atoms with Crippen molar-refractivity contribution >= 4 is 21.6 Å². The van der Waals surface area contributed by atoms with E-state index in [4.69, 9.17) is 5.73 Å². The smallest absolute Gasteiger partial charge is 0.181 e. The van der Waals surface area contributed by atoms with Crippen molar-refractivity contribution in [3.8, 4) is 22.8 Å². The van der Waals surface area contributed by atoms with E-state index in [-0.39, 0.29) is 0 Å². The lowest BCUT2D eigenvalue weighted by Crippen LogP contribution is -1.90. The average Bonchev–Trinajstić information content (AvgIpc) is 2.92. The highest BCUT2D eigenvalue weighted by molar-refractivity contribution is 9.10. The molecule has 3 N–H and O–H groups in total. The zero-order valence-corrected chi connectivity index (χ0v) is 12.5. The third kappa shape index (κ3) is 2.32. The predicted molar refractivity (Wildman–Crippen MR) is 84.1 cm³/mol. The van der Waals surface area contributed by atoms with Gasteiger partial charge in [-0.2, -0.15) is 5.10 Å². The van der Waals surface area contributed by atoms with Crippen molar-refractivity contribution in [1.82, 2.24) is 15.2 Å². The summed E-state index contributed by atoms with van der Waals surface area (Å²) in [5, 5.41) is 7.23. The Morgan fingerprint density at radius 2 is 1.95 bits per heavy atom. The maximum absolute atomic E-state index is 5.93. The van der Waals surface area contributed by atoms with Crippen LogP contribution in [0.25, 0.3) is 22.8 Å². The molecule has 20 heavy (non-hydrogen) atoms. The summed E-state index contributed by atoms with van der Waals surface area (Å²) in [5.74, 6) is 1.37. The van der Waals surface area contributed by atoms with Crippen molar-refractivity contribution in [2.75, 3.05) is 5.73 Å². The number of benzene rings is 2. The number of aryl methyl sites for hydroxylation is 1. The van der Waals surface area contributed by atoms with Gasteiger partial charge in [-0.15, -0.1) is 0 Å². The molecule has 0 amide bonds. The number of nitrogens with two attached hydrogens (primary N) is 1. The Balaban J connectivity index is 2.02. The molecule has 0 aliphatic heterocycles. The molecule has 5 heteroatoms. The number of halogens is 1. The topological polar surface area (TPSA) is 67.6 Å². The minimum Gasteiger partial charge on any atom is -0.398 e. The van der Waals surface area contributed by atoms with Crippen molar-refractivity contribution in [2.45, 2.75) is 6.92 Å². The molecule has 2 aromatic carbocycles. The van der Waals surface area contributed by atoms with Gasteiger partial charge >= 0.3 is 0 Å². The Morgan fingerprint density at radius 1 is 1.15 bits per heavy atom. The predicted octanol–water partition coefficient (Wildman–Crippen LogP) is 3.79. The SMILES string of the molecule is Cc1ccc(-c2n[nH]c(-c3ccccc3Br)n2)cc1N. The Kier molecular flexibility index (Phi) is 3.28. The highest BCUT2D eigenvalue weighted by atomic mass is 79.9. The van der Waals surface area contributed by atoms with Gasteiger partial charge in [0.1, 0.15) is 0 Å². The van der Waals surface area contributed by atoms with Gasteiger partial charge in [0.2, 0.25) is 0 Å². The minimum atomic E-state index is 0.641. The van der Waals surface area contributed by atoms with Gasteiger partial charge in [-0.25, -0.2) is 4.98 Å². The summed E-state index contributed by atoms with van der Waals surface area (Å²) in [6.07, 6.45) is 0. The summed E-state index contributed by atoms with van der Waals surface area (Å²) >= 11 is 3.51. The van der Waals surface area contributed by atoms with E-state index in [1.807, 2.05) is 49.4 Å². The normalized spacial score (nSPS) is 10.7. The number of nitrogens with one attached hydrogen (secondary N) is 1. The monoisotopic (exact) mass is 328 g/mol. The molecule has 0 fully saturated rings. The van der Waals surface area contributed by atoms with Crippen molar-refractivity contribution in [3.63, 3.8) is 0 Å². The summed E-state index contributed by atoms with van der Waals surface area (Å²) in [5.41, 5.74) is 9.61. The second kappa shape index (κ2) is 5.09. The Labute approximate surface area is 125 Å². The summed E-state index contributed by atoms with van der Waals surface area (Å²) in [7, 11) is 0. The number of nitrogen functional groups attached to an aromatic ring is 1. The number of rotatable bonds is 2. The van der Waals surface area contributed by atoms with E-state index in [2.05, 4.69) is 31.1 Å². The molecular weight excluding hydrogens is 316 g/mol. The Hall–Kier alpha value is -2.14. The molecule has 1 heterocycles. The maximum atomic E-state index is 5.93. The van der Waals surface area contributed by atoms with Gasteiger partial charge in [-0.3, -0.25) is 5.10 Å². The van der Waals surface area contributed by atoms with Crippen LogP contribution in [0.15, 0.2) is 46.9 Å². The van der Waals surface area contributed by atoms with Crippen LogP contribution in [-0.2, 0) is 0 Å². The highest BCUT2D eigenvalue weighted by Crippen LogP contribution is 2.27. The molecule has 1 aromatic heterocycles. The van der Waals surface area contributed by atoms with Crippen LogP contribution in [0, 0.1) is 6.92 Å². The third-order valence-electron chi connectivity index (χ3n) is 3.15. The van der Waals surface area contributed by atoms with Gasteiger partial charge in [0.15, 0.2) is 11.6 Å². The molecule has 0 aliphatic carbocycles. The number of aromatic amines is 1. The van der Waals surface area contributed by atoms with E-state index in [9.17, 15) is 0 Å². The van der Waals surface area contributed by atoms with Crippen LogP contribution in [0.5, 0.6) is 0 Å². The fourth-order valence-electron chi connectivity index (χ4n) is 1.94. The molecule has 0 spiro atoms. The molecule has 100 valence electrons. The van der Waals surface area contributed by atoms with Gasteiger partial charge in [0.05, 0.1) is 0 Å². The van der Waals surface area contributed by atoms with E-state index < -0.39 is 0 Å². The standard InChI is InChI=1S/C15H13BrN4/c1-9-6-7-10(8-13(9)17)14-18-15(20-19-14)11-4-2-3-5-12(11)16/h2-8H,17H2,1H3,(H,18,19,20). The zero-order chi connectivity index (χ0) is 14.1. The molecule has 0 atom stereocenters. The van der Waals surface area contributed by atoms with Gasteiger partial charge in [-0.05, 0) is 24.6 Å². The van der Waals surface area contributed by atoms with Crippen LogP contribution in [0.3, 0.4) is 0 Å². The first-order valence-corrected chi connectivity index (χ1v) is 6.98. The first-order valence-electron chi connectivity index (χ1n) is 6.19. The Morgan fingerprint density at radius 3 is 2.70 bits per heavy atom. The summed E-state index contributed by atoms with van der Waals surface area (Å²) < 4.78 is 0.978. The van der Waals surface area contributed by atoms with E-state index in [1.54, 1.807) is 0 Å². The van der Waals surface area contributed by atoms with Crippen molar-refractivity contribution < 1.29 is 0 Å². The number of hydrogen-bond donors (Lipinski definition) is 2. The maximum Gasteiger partial charge on any atom is 0.181 e. The highest BCUT2D eigenvalue weighted by Gasteiger charge is 2.10. The number of aromatic nitrogens is 3. The second-order valence-corrected chi connectivity index (χ2v) is 5.41. The fourth-order valence-corrected chi connectivity index (χ4v) is 2.42. The molecule has 0 aliphatic rings. The summed E-state index contributed by atoms with van der Waals surface area (Å²) in [4.78, 5) is 4.53. The Bertz CT molecular complexity index is 764. The average molecular weight is 329 g/mol. The quantitative estimate of drug-likeness (QED) is 0.703. The molecule has 4 nitrogen and oxygen atoms in total. The van der Waals surface area contributed by atoms with Crippen molar-refractivity contribution in [3.05, 3.63) is 52.5 Å². The van der Waals surface area contributed by atoms with Crippen LogP contribution in [-0.4, -0.2) is 15.2 Å². The van der Waals surface area contributed by atoms with Crippen molar-refractivity contribution in [2.24, 2.45) is 0 Å². The molecule has 0 bridgehead atoms. The molecular formula is C15H13BrN4. The van der Waals surface area contributed by atoms with Crippen LogP contribution in [0.1, 0.15) is 5.56 Å². The van der Waals surface area contributed by atoms with Gasteiger partial charge in [0, 0.05) is 21.3 Å². The van der Waals surface area contributed by atoms with Crippen molar-refractivity contribution in [1.29, 1.82) is 0 Å². The number of hydrogen-bond acceptors (Lipinski definition) is 3. The van der Waals surface area contributed by atoms with Crippen LogP contribution in [0.2, 0.25) is 0 Å². The van der Waals surface area contributed by atoms with E-state index in [0.717, 1.165) is 32.7 Å². The minimum absolute atomic E-state index is 0.641. The lowest BCUT2D eigenvalue weighted by atomic mass is 10.1. The zero-order valence-electron chi connectivity index (χ0n) is 10.9. The number of H-pyrrole nitrogens is 1. The first kappa shape index (κ1) is 12.9. The van der Waals surface area contributed by atoms with E-state index in [1.165, 1.54) is 0 Å². The number of nitrogens with zero attached hydrogens (tertiary/aromatic N) is 2. The van der Waals surface area contributed by atoms with Crippen LogP contribution in [0.4, 0.5) is 5.69 Å². The lowest BCUT2D eigenvalue weighted by molar-refractivity contribution is 1.10. The fraction of sp³-hybridized carbons (Fsp3) is 0.0667. The third-order valence-corrected chi connectivity index (χ3v) is 3.84. The molecule has 3 rings (SSSR count). The molecule has 0 unspecified atom stereocenters. The van der Waals surface area contributed by atoms with Gasteiger partial charge in [-0.1, -0.05) is 46.3 Å². The first-order chi connectivity index (χ1) is 9.65. The van der Waals surface area contributed by atoms with E-state index in [0.29, 0.717) is 5.82 Å². The summed E-state index contributed by atoms with van der Waals surface area (Å²) in [6, 6.07) is 13.7. The largest absolute Gasteiger partial charge is 0.398 e. The van der Waals surface area contributed by atoms with Gasteiger partial charge in [0.25, 0.3) is 0 Å². The second-order valence-electron chi connectivity index (χ2n) is 4.56. The molecule has 3 aromatic rings.